The lowest BCUT2D eigenvalue weighted by Crippen LogP contribution is -2.28. The molecular weight excluding hydrogens is 236 g/mol. The molecule has 0 aliphatic carbocycles. The molecular formula is C17H16O2. The van der Waals surface area contributed by atoms with Crippen molar-refractivity contribution in [2.45, 2.75) is 25.4 Å². The minimum absolute atomic E-state index is 0.00241. The monoisotopic (exact) mass is 252 g/mol. The molecule has 96 valence electrons. The Hall–Kier alpha value is -2.09. The normalized spacial score (nSPS) is 17.7. The van der Waals surface area contributed by atoms with Crippen LogP contribution in [0.15, 0.2) is 54.6 Å². The van der Waals surface area contributed by atoms with Gasteiger partial charge in [0.15, 0.2) is 0 Å². The molecule has 3 rings (SSSR count). The van der Waals surface area contributed by atoms with Gasteiger partial charge in [-0.1, -0.05) is 48.5 Å². The van der Waals surface area contributed by atoms with Gasteiger partial charge in [0, 0.05) is 6.42 Å². The van der Waals surface area contributed by atoms with Gasteiger partial charge < -0.3 is 4.74 Å². The van der Waals surface area contributed by atoms with Crippen LogP contribution in [0.2, 0.25) is 0 Å². The highest BCUT2D eigenvalue weighted by atomic mass is 16.5. The minimum atomic E-state index is -0.181. The average molecular weight is 252 g/mol. The lowest BCUT2D eigenvalue weighted by Gasteiger charge is -2.24. The highest BCUT2D eigenvalue weighted by Crippen LogP contribution is 2.23. The molecule has 19 heavy (non-hydrogen) atoms. The Bertz CT molecular complexity index is 575. The Balaban J connectivity index is 1.67. The fraction of sp³-hybridized carbons (Fsp3) is 0.235. The molecule has 1 unspecified atom stereocenters. The number of hydrogen-bond acceptors (Lipinski definition) is 2. The maximum absolute atomic E-state index is 11.9. The lowest BCUT2D eigenvalue weighted by atomic mass is 9.95. The van der Waals surface area contributed by atoms with Gasteiger partial charge in [-0.2, -0.15) is 0 Å². The predicted molar refractivity (Wildman–Crippen MR) is 74.1 cm³/mol. The van der Waals surface area contributed by atoms with Crippen LogP contribution >= 0.6 is 0 Å². The molecule has 2 aromatic rings. The molecule has 1 aliphatic heterocycles. The van der Waals surface area contributed by atoms with Crippen molar-refractivity contribution in [3.63, 3.8) is 0 Å². The zero-order valence-electron chi connectivity index (χ0n) is 10.7. The van der Waals surface area contributed by atoms with E-state index >= 15 is 0 Å². The summed E-state index contributed by atoms with van der Waals surface area (Å²) in [5.74, 6) is -0.181. The van der Waals surface area contributed by atoms with Crippen LogP contribution in [0.3, 0.4) is 0 Å². The summed E-state index contributed by atoms with van der Waals surface area (Å²) in [7, 11) is 0. The van der Waals surface area contributed by atoms with Crippen LogP contribution in [0.25, 0.3) is 0 Å². The first-order chi connectivity index (χ1) is 9.33. The number of esters is 1. The third kappa shape index (κ3) is 2.68. The number of rotatable bonds is 3. The SMILES string of the molecule is O=C1OC(CCc2ccccc2)Cc2ccccc21. The molecule has 0 saturated heterocycles. The first-order valence-corrected chi connectivity index (χ1v) is 6.66. The van der Waals surface area contributed by atoms with E-state index in [-0.39, 0.29) is 12.1 Å². The van der Waals surface area contributed by atoms with Crippen molar-refractivity contribution in [2.75, 3.05) is 0 Å². The van der Waals surface area contributed by atoms with E-state index in [4.69, 9.17) is 4.74 Å². The quantitative estimate of drug-likeness (QED) is 0.783. The van der Waals surface area contributed by atoms with Crippen molar-refractivity contribution in [1.29, 1.82) is 0 Å². The molecule has 1 aliphatic rings. The van der Waals surface area contributed by atoms with Crippen molar-refractivity contribution >= 4 is 5.97 Å². The summed E-state index contributed by atoms with van der Waals surface area (Å²) in [5, 5.41) is 0. The maximum atomic E-state index is 11.9. The van der Waals surface area contributed by atoms with Crippen molar-refractivity contribution in [3.05, 3.63) is 71.3 Å². The largest absolute Gasteiger partial charge is 0.458 e. The van der Waals surface area contributed by atoms with Crippen molar-refractivity contribution in [1.82, 2.24) is 0 Å². The second-order valence-electron chi connectivity index (χ2n) is 4.91. The molecule has 0 spiro atoms. The Kier molecular flexibility index (Phi) is 3.32. The maximum Gasteiger partial charge on any atom is 0.338 e. The molecule has 0 saturated carbocycles. The summed E-state index contributed by atoms with van der Waals surface area (Å²) in [5.41, 5.74) is 3.12. The number of aryl methyl sites for hydroxylation is 1. The van der Waals surface area contributed by atoms with E-state index in [0.29, 0.717) is 0 Å². The third-order valence-corrected chi connectivity index (χ3v) is 3.56. The van der Waals surface area contributed by atoms with Gasteiger partial charge in [-0.05, 0) is 30.0 Å². The van der Waals surface area contributed by atoms with Gasteiger partial charge in [0.1, 0.15) is 6.10 Å². The summed E-state index contributed by atoms with van der Waals surface area (Å²) >= 11 is 0. The van der Waals surface area contributed by atoms with Crippen LogP contribution in [0.5, 0.6) is 0 Å². The number of carbonyl (C=O) groups excluding carboxylic acids is 1. The van der Waals surface area contributed by atoms with Gasteiger partial charge in [-0.3, -0.25) is 0 Å². The Labute approximate surface area is 113 Å². The third-order valence-electron chi connectivity index (χ3n) is 3.56. The van der Waals surface area contributed by atoms with Gasteiger partial charge in [-0.25, -0.2) is 4.79 Å². The van der Waals surface area contributed by atoms with Crippen LogP contribution in [0, 0.1) is 0 Å². The van der Waals surface area contributed by atoms with Gasteiger partial charge >= 0.3 is 5.97 Å². The van der Waals surface area contributed by atoms with E-state index in [1.54, 1.807) is 0 Å². The van der Waals surface area contributed by atoms with Crippen LogP contribution in [0.1, 0.15) is 27.9 Å². The van der Waals surface area contributed by atoms with E-state index < -0.39 is 0 Å². The molecule has 0 fully saturated rings. The number of fused-ring (bicyclic) bond motifs is 1. The van der Waals surface area contributed by atoms with Gasteiger partial charge in [-0.15, -0.1) is 0 Å². The summed E-state index contributed by atoms with van der Waals surface area (Å²) < 4.78 is 5.50. The van der Waals surface area contributed by atoms with Crippen LogP contribution < -0.4 is 0 Å². The summed E-state index contributed by atoms with van der Waals surface area (Å²) in [6.45, 7) is 0. The molecule has 0 bridgehead atoms. The number of hydrogen-bond donors (Lipinski definition) is 0. The highest BCUT2D eigenvalue weighted by Gasteiger charge is 2.25. The Morgan fingerprint density at radius 1 is 1.00 bits per heavy atom. The highest BCUT2D eigenvalue weighted by molar-refractivity contribution is 5.92. The lowest BCUT2D eigenvalue weighted by molar-refractivity contribution is 0.0239. The van der Waals surface area contributed by atoms with Crippen LogP contribution in [-0.2, 0) is 17.6 Å². The topological polar surface area (TPSA) is 26.3 Å². The van der Waals surface area contributed by atoms with Crippen molar-refractivity contribution < 1.29 is 9.53 Å². The second kappa shape index (κ2) is 5.27. The molecule has 1 atom stereocenters. The standard InChI is InChI=1S/C17H16O2/c18-17-16-9-5-4-8-14(16)12-15(19-17)11-10-13-6-2-1-3-7-13/h1-9,15H,10-12H2. The van der Waals surface area contributed by atoms with Crippen molar-refractivity contribution in [2.24, 2.45) is 0 Å². The molecule has 0 aromatic heterocycles. The molecule has 0 radical (unpaired) electrons. The molecule has 1 heterocycles. The fourth-order valence-corrected chi connectivity index (χ4v) is 2.53. The first kappa shape index (κ1) is 12.0. The second-order valence-corrected chi connectivity index (χ2v) is 4.91. The van der Waals surface area contributed by atoms with Gasteiger partial charge in [0.2, 0.25) is 0 Å². The first-order valence-electron chi connectivity index (χ1n) is 6.66. The van der Waals surface area contributed by atoms with E-state index in [2.05, 4.69) is 12.1 Å². The summed E-state index contributed by atoms with van der Waals surface area (Å²) in [6.07, 6.45) is 2.65. The van der Waals surface area contributed by atoms with Gasteiger partial charge in [0.25, 0.3) is 0 Å². The molecule has 2 heteroatoms. The molecule has 2 nitrogen and oxygen atoms in total. The van der Waals surface area contributed by atoms with Gasteiger partial charge in [0.05, 0.1) is 5.56 Å². The molecule has 2 aromatic carbocycles. The minimum Gasteiger partial charge on any atom is -0.458 e. The van der Waals surface area contributed by atoms with Crippen LogP contribution in [0.4, 0.5) is 0 Å². The van der Waals surface area contributed by atoms with E-state index in [0.717, 1.165) is 30.4 Å². The van der Waals surface area contributed by atoms with Crippen molar-refractivity contribution in [3.8, 4) is 0 Å². The Morgan fingerprint density at radius 2 is 1.74 bits per heavy atom. The fourth-order valence-electron chi connectivity index (χ4n) is 2.53. The molecule has 0 N–H and O–H groups in total. The average Bonchev–Trinajstić information content (AvgIpc) is 2.46. The predicted octanol–water partition coefficient (Wildman–Crippen LogP) is 3.40. The van der Waals surface area contributed by atoms with Crippen LogP contribution in [-0.4, -0.2) is 12.1 Å². The number of cyclic esters (lactones) is 1. The molecule has 0 amide bonds. The van der Waals surface area contributed by atoms with E-state index in [9.17, 15) is 4.79 Å². The Morgan fingerprint density at radius 3 is 2.58 bits per heavy atom. The number of ether oxygens (including phenoxy) is 1. The zero-order valence-corrected chi connectivity index (χ0v) is 10.7. The summed E-state index contributed by atoms with van der Waals surface area (Å²) in [4.78, 5) is 11.9. The number of benzene rings is 2. The van der Waals surface area contributed by atoms with E-state index in [1.807, 2.05) is 42.5 Å². The van der Waals surface area contributed by atoms with E-state index in [1.165, 1.54) is 5.56 Å². The smallest absolute Gasteiger partial charge is 0.338 e. The zero-order chi connectivity index (χ0) is 13.1. The number of carbonyl (C=O) groups is 1. The summed E-state index contributed by atoms with van der Waals surface area (Å²) in [6, 6.07) is 18.0.